The van der Waals surface area contributed by atoms with Crippen molar-refractivity contribution in [2.75, 3.05) is 0 Å². The number of hydrogen-bond donors (Lipinski definition) is 0. The Bertz CT molecular complexity index is 287. The molecule has 2 saturated carbocycles. The van der Waals surface area contributed by atoms with Gasteiger partial charge < -0.3 is 0 Å². The van der Waals surface area contributed by atoms with E-state index < -0.39 is 0 Å². The van der Waals surface area contributed by atoms with Gasteiger partial charge in [0.25, 0.3) is 0 Å². The molecule has 0 aliphatic heterocycles. The predicted octanol–water partition coefficient (Wildman–Crippen LogP) is 2.75. The van der Waals surface area contributed by atoms with Crippen molar-refractivity contribution in [1.29, 1.82) is 0 Å². The average Bonchev–Trinajstić information content (AvgIpc) is 2.06. The van der Waals surface area contributed by atoms with Crippen LogP contribution in [0.3, 0.4) is 0 Å². The van der Waals surface area contributed by atoms with Crippen LogP contribution < -0.4 is 0 Å². The zero-order valence-electron chi connectivity index (χ0n) is 9.71. The van der Waals surface area contributed by atoms with Crippen molar-refractivity contribution in [1.82, 2.24) is 0 Å². The van der Waals surface area contributed by atoms with Gasteiger partial charge in [-0.3, -0.25) is 9.59 Å². The minimum Gasteiger partial charge on any atom is -0.300 e. The molecule has 0 spiro atoms. The Kier molecular flexibility index (Phi) is 2.70. The number of hydrogen-bond acceptors (Lipinski definition) is 2. The van der Waals surface area contributed by atoms with E-state index in [9.17, 15) is 9.59 Å². The monoisotopic (exact) mass is 208 g/mol. The maximum Gasteiger partial charge on any atom is 0.140 e. The van der Waals surface area contributed by atoms with Gasteiger partial charge in [-0.2, -0.15) is 0 Å². The van der Waals surface area contributed by atoms with Crippen LogP contribution in [0.1, 0.15) is 52.4 Å². The van der Waals surface area contributed by atoms with Gasteiger partial charge in [-0.05, 0) is 24.7 Å². The Morgan fingerprint density at radius 2 is 2.00 bits per heavy atom. The first-order chi connectivity index (χ1) is 7.00. The topological polar surface area (TPSA) is 34.1 Å². The number of carbonyl (C=O) groups excluding carboxylic acids is 2. The lowest BCUT2D eigenvalue weighted by Crippen LogP contribution is -2.41. The van der Waals surface area contributed by atoms with Gasteiger partial charge >= 0.3 is 0 Å². The van der Waals surface area contributed by atoms with Gasteiger partial charge in [0, 0.05) is 24.7 Å². The zero-order valence-corrected chi connectivity index (χ0v) is 9.71. The minimum atomic E-state index is 0.00375. The van der Waals surface area contributed by atoms with Crippen molar-refractivity contribution in [2.24, 2.45) is 17.3 Å². The molecule has 0 saturated heterocycles. The van der Waals surface area contributed by atoms with Gasteiger partial charge in [-0.1, -0.05) is 20.3 Å². The summed E-state index contributed by atoms with van der Waals surface area (Å²) in [5, 5.41) is 0. The molecule has 0 aromatic heterocycles. The molecule has 1 atom stereocenters. The first-order valence-electron chi connectivity index (χ1n) is 6.06. The largest absolute Gasteiger partial charge is 0.300 e. The summed E-state index contributed by atoms with van der Waals surface area (Å²) in [6.45, 7) is 4.28. The highest BCUT2D eigenvalue weighted by Gasteiger charge is 2.43. The fourth-order valence-electron chi connectivity index (χ4n) is 2.70. The maximum absolute atomic E-state index is 12.2. The molecule has 2 aliphatic rings. The van der Waals surface area contributed by atoms with Crippen LogP contribution in [0.25, 0.3) is 0 Å². The quantitative estimate of drug-likeness (QED) is 0.699. The van der Waals surface area contributed by atoms with E-state index in [1.165, 1.54) is 6.42 Å². The second kappa shape index (κ2) is 3.73. The van der Waals surface area contributed by atoms with E-state index in [0.717, 1.165) is 19.3 Å². The fourth-order valence-corrected chi connectivity index (χ4v) is 2.70. The Morgan fingerprint density at radius 3 is 2.53 bits per heavy atom. The molecule has 0 heterocycles. The third-order valence-electron chi connectivity index (χ3n) is 4.27. The highest BCUT2D eigenvalue weighted by atomic mass is 16.1. The molecule has 0 aromatic rings. The summed E-state index contributed by atoms with van der Waals surface area (Å²) in [6.07, 6.45) is 5.36. The van der Waals surface area contributed by atoms with E-state index in [2.05, 4.69) is 13.8 Å². The van der Waals surface area contributed by atoms with Crippen molar-refractivity contribution in [3.8, 4) is 0 Å². The highest BCUT2D eigenvalue weighted by Crippen LogP contribution is 2.43. The molecule has 0 aromatic carbocycles. The van der Waals surface area contributed by atoms with E-state index in [1.54, 1.807) is 0 Å². The van der Waals surface area contributed by atoms with E-state index in [-0.39, 0.29) is 23.0 Å². The lowest BCUT2D eigenvalue weighted by Gasteiger charge is -2.40. The van der Waals surface area contributed by atoms with Crippen molar-refractivity contribution < 1.29 is 9.59 Å². The number of carbonyl (C=O) groups is 2. The van der Waals surface area contributed by atoms with Gasteiger partial charge in [-0.25, -0.2) is 0 Å². The first-order valence-corrected chi connectivity index (χ1v) is 6.06. The summed E-state index contributed by atoms with van der Waals surface area (Å²) in [7, 11) is 0. The summed E-state index contributed by atoms with van der Waals surface area (Å²) >= 11 is 0. The minimum absolute atomic E-state index is 0.00375. The molecule has 0 bridgehead atoms. The summed E-state index contributed by atoms with van der Waals surface area (Å²) in [4.78, 5) is 23.6. The number of ketones is 2. The van der Waals surface area contributed by atoms with Gasteiger partial charge in [0.05, 0.1) is 0 Å². The summed E-state index contributed by atoms with van der Waals surface area (Å²) < 4.78 is 0. The molecular formula is C13H20O2. The molecule has 2 nitrogen and oxygen atoms in total. The Balaban J connectivity index is 2.09. The maximum atomic E-state index is 12.2. The fraction of sp³-hybridized carbons (Fsp3) is 0.846. The normalized spacial score (nSPS) is 31.1. The summed E-state index contributed by atoms with van der Waals surface area (Å²) in [5.41, 5.74) is 0.0422. The second-order valence-corrected chi connectivity index (χ2v) is 5.81. The van der Waals surface area contributed by atoms with Gasteiger partial charge in [0.2, 0.25) is 0 Å². The molecule has 0 N–H and O–H groups in total. The zero-order chi connectivity index (χ0) is 11.1. The Labute approximate surface area is 91.4 Å². The summed E-state index contributed by atoms with van der Waals surface area (Å²) in [5.74, 6) is 0.940. The van der Waals surface area contributed by atoms with E-state index in [4.69, 9.17) is 0 Å². The van der Waals surface area contributed by atoms with E-state index in [1.807, 2.05) is 0 Å². The SMILES string of the molecule is CC1(C)CCC(=O)CC1C(=O)C1CCC1. The van der Waals surface area contributed by atoms with Crippen LogP contribution in [0.5, 0.6) is 0 Å². The molecular weight excluding hydrogens is 188 g/mol. The van der Waals surface area contributed by atoms with Gasteiger partial charge in [-0.15, -0.1) is 0 Å². The van der Waals surface area contributed by atoms with Gasteiger partial charge in [0.1, 0.15) is 11.6 Å². The molecule has 15 heavy (non-hydrogen) atoms. The molecule has 2 fully saturated rings. The molecule has 2 rings (SSSR count). The molecule has 2 aliphatic carbocycles. The second-order valence-electron chi connectivity index (χ2n) is 5.81. The van der Waals surface area contributed by atoms with Crippen LogP contribution >= 0.6 is 0 Å². The van der Waals surface area contributed by atoms with Gasteiger partial charge in [0.15, 0.2) is 0 Å². The third-order valence-corrected chi connectivity index (χ3v) is 4.27. The van der Waals surface area contributed by atoms with E-state index >= 15 is 0 Å². The highest BCUT2D eigenvalue weighted by molar-refractivity contribution is 5.91. The van der Waals surface area contributed by atoms with Crippen molar-refractivity contribution >= 4 is 11.6 Å². The van der Waals surface area contributed by atoms with Crippen LogP contribution in [0.4, 0.5) is 0 Å². The first kappa shape index (κ1) is 10.8. The van der Waals surface area contributed by atoms with Crippen molar-refractivity contribution in [2.45, 2.75) is 52.4 Å². The lowest BCUT2D eigenvalue weighted by atomic mass is 9.63. The van der Waals surface area contributed by atoms with Crippen LogP contribution in [0.15, 0.2) is 0 Å². The van der Waals surface area contributed by atoms with Crippen LogP contribution in [-0.4, -0.2) is 11.6 Å². The third kappa shape index (κ3) is 1.99. The van der Waals surface area contributed by atoms with E-state index in [0.29, 0.717) is 18.6 Å². The molecule has 1 unspecified atom stereocenters. The Morgan fingerprint density at radius 1 is 1.33 bits per heavy atom. The lowest BCUT2D eigenvalue weighted by molar-refractivity contribution is -0.140. The van der Waals surface area contributed by atoms with Crippen LogP contribution in [-0.2, 0) is 9.59 Å². The predicted molar refractivity (Wildman–Crippen MR) is 58.5 cm³/mol. The Hall–Kier alpha value is -0.660. The molecule has 0 amide bonds. The average molecular weight is 208 g/mol. The number of rotatable bonds is 2. The van der Waals surface area contributed by atoms with Crippen molar-refractivity contribution in [3.05, 3.63) is 0 Å². The molecule has 84 valence electrons. The molecule has 0 radical (unpaired) electrons. The van der Waals surface area contributed by atoms with Crippen LogP contribution in [0, 0.1) is 17.3 Å². The number of Topliss-reactive ketones (excluding diaryl/α,β-unsaturated/α-hetero) is 2. The standard InChI is InChI=1S/C13H20O2/c1-13(2)7-6-10(14)8-11(13)12(15)9-4-3-5-9/h9,11H,3-8H2,1-2H3. The smallest absolute Gasteiger partial charge is 0.140 e. The molecule has 2 heteroatoms. The van der Waals surface area contributed by atoms with Crippen LogP contribution in [0.2, 0.25) is 0 Å². The van der Waals surface area contributed by atoms with Crippen molar-refractivity contribution in [3.63, 3.8) is 0 Å². The summed E-state index contributed by atoms with van der Waals surface area (Å²) in [6, 6.07) is 0.